The number of morpholine rings is 1. The lowest BCUT2D eigenvalue weighted by Gasteiger charge is -2.35. The molecule has 2 aromatic rings. The summed E-state index contributed by atoms with van der Waals surface area (Å²) in [7, 11) is 0. The van der Waals surface area contributed by atoms with Crippen LogP contribution in [-0.4, -0.2) is 78.5 Å². The van der Waals surface area contributed by atoms with Gasteiger partial charge in [-0.3, -0.25) is 9.59 Å². The Balaban J connectivity index is 1.21. The molecule has 5 rings (SSSR count). The van der Waals surface area contributed by atoms with Crippen LogP contribution in [0.5, 0.6) is 0 Å². The van der Waals surface area contributed by atoms with Gasteiger partial charge in [-0.2, -0.15) is 10.2 Å². The number of hydrogen-bond acceptors (Lipinski definition) is 7. The molecule has 0 spiro atoms. The highest BCUT2D eigenvalue weighted by Gasteiger charge is 2.29. The van der Waals surface area contributed by atoms with Gasteiger partial charge in [0, 0.05) is 55.1 Å². The van der Waals surface area contributed by atoms with Gasteiger partial charge >= 0.3 is 0 Å². The molecule has 0 aliphatic carbocycles. The van der Waals surface area contributed by atoms with Crippen molar-refractivity contribution in [1.29, 1.82) is 0 Å². The third kappa shape index (κ3) is 6.98. The molecule has 0 saturated carbocycles. The summed E-state index contributed by atoms with van der Waals surface area (Å²) in [6.07, 6.45) is 6.80. The molecule has 216 valence electrons. The molecule has 0 atom stereocenters. The molecule has 0 N–H and O–H groups in total. The number of hydrogen-bond donors (Lipinski definition) is 0. The van der Waals surface area contributed by atoms with Gasteiger partial charge in [-0.25, -0.2) is 0 Å². The SMILES string of the molecule is CCCN(CCI)C1=CCCN(c2ccc(N=Nc3ccc(N4CCC=C(N5CCOCC5)C4=O)cc3)cc2)C1=O. The molecular weight excluding hydrogens is 631 g/mol. The van der Waals surface area contributed by atoms with Gasteiger partial charge in [0.1, 0.15) is 0 Å². The van der Waals surface area contributed by atoms with E-state index < -0.39 is 0 Å². The minimum absolute atomic E-state index is 0.0329. The Labute approximate surface area is 255 Å². The highest BCUT2D eigenvalue weighted by Crippen LogP contribution is 2.28. The number of ether oxygens (including phenoxy) is 1. The van der Waals surface area contributed by atoms with E-state index in [9.17, 15) is 9.59 Å². The van der Waals surface area contributed by atoms with E-state index in [1.807, 2.05) is 64.4 Å². The van der Waals surface area contributed by atoms with Gasteiger partial charge in [0.15, 0.2) is 0 Å². The Morgan fingerprint density at radius 1 is 0.780 bits per heavy atom. The van der Waals surface area contributed by atoms with Crippen LogP contribution < -0.4 is 9.80 Å². The van der Waals surface area contributed by atoms with Gasteiger partial charge in [0.2, 0.25) is 0 Å². The van der Waals surface area contributed by atoms with Crippen molar-refractivity contribution in [3.05, 3.63) is 72.1 Å². The van der Waals surface area contributed by atoms with Crippen molar-refractivity contribution < 1.29 is 14.3 Å². The van der Waals surface area contributed by atoms with Crippen molar-refractivity contribution in [2.75, 3.05) is 66.7 Å². The fraction of sp³-hybridized carbons (Fsp3) is 0.419. The number of amides is 2. The van der Waals surface area contributed by atoms with Crippen LogP contribution in [0.3, 0.4) is 0 Å². The van der Waals surface area contributed by atoms with Crippen LogP contribution in [0.1, 0.15) is 26.2 Å². The van der Waals surface area contributed by atoms with Gasteiger partial charge in [0.25, 0.3) is 11.8 Å². The van der Waals surface area contributed by atoms with E-state index in [1.165, 1.54) is 0 Å². The number of anilines is 2. The second-order valence-corrected chi connectivity index (χ2v) is 11.3. The quantitative estimate of drug-likeness (QED) is 0.181. The average molecular weight is 669 g/mol. The zero-order valence-electron chi connectivity index (χ0n) is 23.5. The second-order valence-electron chi connectivity index (χ2n) is 10.2. The standard InChI is InChI=1S/C31H37IN6O3/c1-2-16-35(19-15-32)28-5-3-17-37(30(28)39)26-11-7-24(8-12-26)33-34-25-9-13-27(14-10-25)38-18-4-6-29(31(38)40)36-20-22-41-23-21-36/h5-14H,2-4,15-23H2,1H3. The van der Waals surface area contributed by atoms with E-state index in [0.29, 0.717) is 37.7 Å². The molecule has 9 nitrogen and oxygen atoms in total. The fourth-order valence-corrected chi connectivity index (χ4v) is 5.96. The molecule has 1 fully saturated rings. The zero-order chi connectivity index (χ0) is 28.6. The molecule has 3 aliphatic rings. The number of benzene rings is 2. The molecule has 0 radical (unpaired) electrons. The first-order valence-electron chi connectivity index (χ1n) is 14.4. The van der Waals surface area contributed by atoms with E-state index in [0.717, 1.165) is 72.6 Å². The van der Waals surface area contributed by atoms with E-state index >= 15 is 0 Å². The average Bonchev–Trinajstić information content (AvgIpc) is 3.01. The van der Waals surface area contributed by atoms with Crippen molar-refractivity contribution in [3.8, 4) is 0 Å². The zero-order valence-corrected chi connectivity index (χ0v) is 25.7. The highest BCUT2D eigenvalue weighted by atomic mass is 127. The summed E-state index contributed by atoms with van der Waals surface area (Å²) in [6, 6.07) is 15.2. The third-order valence-corrected chi connectivity index (χ3v) is 7.94. The second kappa shape index (κ2) is 14.1. The fourth-order valence-electron chi connectivity index (χ4n) is 5.38. The summed E-state index contributed by atoms with van der Waals surface area (Å²) in [6.45, 7) is 8.02. The maximum absolute atomic E-state index is 13.3. The monoisotopic (exact) mass is 668 g/mol. The summed E-state index contributed by atoms with van der Waals surface area (Å²) in [4.78, 5) is 34.5. The third-order valence-electron chi connectivity index (χ3n) is 7.45. The molecule has 0 bridgehead atoms. The Morgan fingerprint density at radius 3 is 1.90 bits per heavy atom. The van der Waals surface area contributed by atoms with Gasteiger partial charge in [-0.05, 0) is 67.8 Å². The minimum Gasteiger partial charge on any atom is -0.378 e. The van der Waals surface area contributed by atoms with Crippen LogP contribution in [0, 0.1) is 0 Å². The number of carbonyl (C=O) groups is 2. The Morgan fingerprint density at radius 2 is 1.34 bits per heavy atom. The van der Waals surface area contributed by atoms with Crippen molar-refractivity contribution in [1.82, 2.24) is 9.80 Å². The molecule has 3 heterocycles. The predicted octanol–water partition coefficient (Wildman–Crippen LogP) is 5.82. The lowest BCUT2D eigenvalue weighted by Crippen LogP contribution is -2.45. The minimum atomic E-state index is 0.0329. The number of nitrogens with zero attached hydrogens (tertiary/aromatic N) is 6. The summed E-state index contributed by atoms with van der Waals surface area (Å²) in [5.41, 5.74) is 4.71. The van der Waals surface area contributed by atoms with Crippen LogP contribution in [-0.2, 0) is 14.3 Å². The number of halogens is 1. The topological polar surface area (TPSA) is 81.0 Å². The van der Waals surface area contributed by atoms with Crippen LogP contribution in [0.15, 0.2) is 82.3 Å². The van der Waals surface area contributed by atoms with Crippen LogP contribution in [0.25, 0.3) is 0 Å². The summed E-state index contributed by atoms with van der Waals surface area (Å²) >= 11 is 2.36. The molecular formula is C31H37IN6O3. The van der Waals surface area contributed by atoms with E-state index in [1.54, 1.807) is 0 Å². The summed E-state index contributed by atoms with van der Waals surface area (Å²) in [5, 5.41) is 8.79. The summed E-state index contributed by atoms with van der Waals surface area (Å²) in [5.74, 6) is 0.0919. The molecule has 3 aliphatic heterocycles. The summed E-state index contributed by atoms with van der Waals surface area (Å²) < 4.78 is 6.42. The maximum atomic E-state index is 13.3. The molecule has 41 heavy (non-hydrogen) atoms. The molecule has 2 aromatic carbocycles. The number of rotatable bonds is 10. The van der Waals surface area contributed by atoms with Gasteiger partial charge < -0.3 is 24.3 Å². The van der Waals surface area contributed by atoms with E-state index in [-0.39, 0.29) is 11.8 Å². The van der Waals surface area contributed by atoms with Gasteiger partial charge in [0.05, 0.1) is 36.0 Å². The van der Waals surface area contributed by atoms with Crippen molar-refractivity contribution in [3.63, 3.8) is 0 Å². The van der Waals surface area contributed by atoms with Crippen molar-refractivity contribution >= 4 is 57.2 Å². The largest absolute Gasteiger partial charge is 0.378 e. The molecule has 10 heteroatoms. The van der Waals surface area contributed by atoms with Crippen molar-refractivity contribution in [2.24, 2.45) is 10.2 Å². The Bertz CT molecular complexity index is 1300. The number of carbonyl (C=O) groups excluding carboxylic acids is 2. The van der Waals surface area contributed by atoms with Crippen LogP contribution in [0.4, 0.5) is 22.7 Å². The Hall–Kier alpha value is -3.25. The lowest BCUT2D eigenvalue weighted by atomic mass is 10.1. The van der Waals surface area contributed by atoms with Crippen LogP contribution >= 0.6 is 22.6 Å². The molecule has 0 aromatic heterocycles. The number of alkyl halides is 1. The molecule has 2 amide bonds. The van der Waals surface area contributed by atoms with Gasteiger partial charge in [-0.1, -0.05) is 41.7 Å². The van der Waals surface area contributed by atoms with E-state index in [4.69, 9.17) is 4.74 Å². The van der Waals surface area contributed by atoms with E-state index in [2.05, 4.69) is 55.6 Å². The molecule has 0 unspecified atom stereocenters. The normalized spacial score (nSPS) is 18.1. The Kier molecular flexibility index (Phi) is 10.0. The maximum Gasteiger partial charge on any atom is 0.274 e. The first-order valence-corrected chi connectivity index (χ1v) is 15.9. The predicted molar refractivity (Wildman–Crippen MR) is 170 cm³/mol. The number of azo groups is 1. The highest BCUT2D eigenvalue weighted by molar-refractivity contribution is 14.1. The first kappa shape index (κ1) is 29.2. The van der Waals surface area contributed by atoms with Crippen LogP contribution in [0.2, 0.25) is 0 Å². The van der Waals surface area contributed by atoms with Crippen molar-refractivity contribution in [2.45, 2.75) is 26.2 Å². The molecule has 1 saturated heterocycles. The smallest absolute Gasteiger partial charge is 0.274 e. The lowest BCUT2D eigenvalue weighted by molar-refractivity contribution is -0.118. The first-order chi connectivity index (χ1) is 20.1. The van der Waals surface area contributed by atoms with Gasteiger partial charge in [-0.15, -0.1) is 0 Å².